The van der Waals surface area contributed by atoms with E-state index in [0.29, 0.717) is 6.42 Å². The Morgan fingerprint density at radius 3 is 2.36 bits per heavy atom. The number of hydrogen-bond donors (Lipinski definition) is 1. The minimum absolute atomic E-state index is 0.0156. The SMILES string of the molecule is CC(CCO)C(=O)N1CCCCCC1. The number of hydrogen-bond acceptors (Lipinski definition) is 2. The van der Waals surface area contributed by atoms with Crippen molar-refractivity contribution in [3.05, 3.63) is 0 Å². The molecule has 14 heavy (non-hydrogen) atoms. The van der Waals surface area contributed by atoms with Crippen LogP contribution in [0.1, 0.15) is 39.0 Å². The molecule has 1 N–H and O–H groups in total. The Kier molecular flexibility index (Phi) is 4.94. The van der Waals surface area contributed by atoms with Crippen molar-refractivity contribution in [1.82, 2.24) is 4.90 Å². The lowest BCUT2D eigenvalue weighted by atomic mass is 10.1. The van der Waals surface area contributed by atoms with Crippen molar-refractivity contribution in [3.63, 3.8) is 0 Å². The molecule has 0 saturated carbocycles. The van der Waals surface area contributed by atoms with Crippen LogP contribution in [-0.2, 0) is 4.79 Å². The van der Waals surface area contributed by atoms with Gasteiger partial charge in [0.2, 0.25) is 5.91 Å². The van der Waals surface area contributed by atoms with Crippen LogP contribution in [0.25, 0.3) is 0 Å². The smallest absolute Gasteiger partial charge is 0.225 e. The number of aliphatic hydroxyl groups excluding tert-OH is 1. The molecule has 0 radical (unpaired) electrons. The Morgan fingerprint density at radius 2 is 1.86 bits per heavy atom. The first-order chi connectivity index (χ1) is 6.75. The third-order valence-corrected chi connectivity index (χ3v) is 2.90. The fourth-order valence-electron chi connectivity index (χ4n) is 1.92. The molecule has 0 spiro atoms. The highest BCUT2D eigenvalue weighted by Crippen LogP contribution is 2.13. The summed E-state index contributed by atoms with van der Waals surface area (Å²) in [6, 6.07) is 0. The first kappa shape index (κ1) is 11.5. The van der Waals surface area contributed by atoms with Gasteiger partial charge >= 0.3 is 0 Å². The van der Waals surface area contributed by atoms with E-state index >= 15 is 0 Å². The lowest BCUT2D eigenvalue weighted by Crippen LogP contribution is -2.36. The highest BCUT2D eigenvalue weighted by molar-refractivity contribution is 5.78. The summed E-state index contributed by atoms with van der Waals surface area (Å²) < 4.78 is 0. The number of aliphatic hydroxyl groups is 1. The molecule has 0 aromatic carbocycles. The number of carbonyl (C=O) groups excluding carboxylic acids is 1. The van der Waals surface area contributed by atoms with Crippen molar-refractivity contribution in [2.24, 2.45) is 5.92 Å². The minimum Gasteiger partial charge on any atom is -0.396 e. The quantitative estimate of drug-likeness (QED) is 0.746. The first-order valence-corrected chi connectivity index (χ1v) is 5.65. The summed E-state index contributed by atoms with van der Waals surface area (Å²) in [5.41, 5.74) is 0. The van der Waals surface area contributed by atoms with E-state index in [-0.39, 0.29) is 18.4 Å². The zero-order valence-electron chi connectivity index (χ0n) is 9.04. The fraction of sp³-hybridized carbons (Fsp3) is 0.909. The summed E-state index contributed by atoms with van der Waals surface area (Å²) >= 11 is 0. The van der Waals surface area contributed by atoms with E-state index in [0.717, 1.165) is 25.9 Å². The van der Waals surface area contributed by atoms with Crippen molar-refractivity contribution in [2.75, 3.05) is 19.7 Å². The summed E-state index contributed by atoms with van der Waals surface area (Å²) in [4.78, 5) is 13.8. The Labute approximate surface area is 86.1 Å². The highest BCUT2D eigenvalue weighted by atomic mass is 16.3. The van der Waals surface area contributed by atoms with Gasteiger partial charge in [0, 0.05) is 25.6 Å². The molecule has 1 aliphatic rings. The van der Waals surface area contributed by atoms with E-state index in [1.165, 1.54) is 12.8 Å². The maximum absolute atomic E-state index is 11.9. The molecule has 0 aromatic rings. The van der Waals surface area contributed by atoms with Crippen molar-refractivity contribution < 1.29 is 9.90 Å². The Morgan fingerprint density at radius 1 is 1.29 bits per heavy atom. The number of nitrogens with zero attached hydrogens (tertiary/aromatic N) is 1. The third-order valence-electron chi connectivity index (χ3n) is 2.90. The van der Waals surface area contributed by atoms with Gasteiger partial charge in [0.15, 0.2) is 0 Å². The Balaban J connectivity index is 2.40. The molecule has 82 valence electrons. The van der Waals surface area contributed by atoms with Crippen LogP contribution in [0.5, 0.6) is 0 Å². The Hall–Kier alpha value is -0.570. The van der Waals surface area contributed by atoms with Gasteiger partial charge in [0.05, 0.1) is 0 Å². The molecule has 1 saturated heterocycles. The molecule has 1 rings (SSSR count). The fourth-order valence-corrected chi connectivity index (χ4v) is 1.92. The second-order valence-electron chi connectivity index (χ2n) is 4.15. The van der Waals surface area contributed by atoms with Crippen LogP contribution in [0.15, 0.2) is 0 Å². The van der Waals surface area contributed by atoms with Gasteiger partial charge in [-0.25, -0.2) is 0 Å². The van der Waals surface area contributed by atoms with Gasteiger partial charge in [-0.15, -0.1) is 0 Å². The minimum atomic E-state index is -0.0156. The standard InChI is InChI=1S/C11H21NO2/c1-10(6-9-13)11(14)12-7-4-2-3-5-8-12/h10,13H,2-9H2,1H3. The summed E-state index contributed by atoms with van der Waals surface area (Å²) in [5, 5.41) is 8.77. The molecular weight excluding hydrogens is 178 g/mol. The molecule has 1 atom stereocenters. The average Bonchev–Trinajstić information content (AvgIpc) is 2.45. The molecule has 1 unspecified atom stereocenters. The number of amides is 1. The van der Waals surface area contributed by atoms with Gasteiger partial charge in [-0.05, 0) is 19.3 Å². The van der Waals surface area contributed by atoms with Crippen LogP contribution in [-0.4, -0.2) is 35.6 Å². The van der Waals surface area contributed by atoms with Gasteiger partial charge in [-0.1, -0.05) is 19.8 Å². The highest BCUT2D eigenvalue weighted by Gasteiger charge is 2.20. The monoisotopic (exact) mass is 199 g/mol. The van der Waals surface area contributed by atoms with Gasteiger partial charge < -0.3 is 10.0 Å². The summed E-state index contributed by atoms with van der Waals surface area (Å²) in [6.45, 7) is 3.84. The summed E-state index contributed by atoms with van der Waals surface area (Å²) in [5.74, 6) is 0.207. The lowest BCUT2D eigenvalue weighted by molar-refractivity contribution is -0.135. The predicted molar refractivity (Wildman–Crippen MR) is 55.9 cm³/mol. The maximum atomic E-state index is 11.9. The van der Waals surface area contributed by atoms with Crippen LogP contribution in [0, 0.1) is 5.92 Å². The Bertz CT molecular complexity index is 174. The van der Waals surface area contributed by atoms with Gasteiger partial charge in [0.1, 0.15) is 0 Å². The molecule has 1 aliphatic heterocycles. The van der Waals surface area contributed by atoms with Gasteiger partial charge in [-0.3, -0.25) is 4.79 Å². The largest absolute Gasteiger partial charge is 0.396 e. The second kappa shape index (κ2) is 6.02. The van der Waals surface area contributed by atoms with Crippen LogP contribution in [0.2, 0.25) is 0 Å². The van der Waals surface area contributed by atoms with E-state index in [4.69, 9.17) is 5.11 Å². The molecular formula is C11H21NO2. The zero-order valence-corrected chi connectivity index (χ0v) is 9.04. The third kappa shape index (κ3) is 3.29. The van der Waals surface area contributed by atoms with Crippen molar-refractivity contribution in [3.8, 4) is 0 Å². The topological polar surface area (TPSA) is 40.5 Å². The van der Waals surface area contributed by atoms with Crippen LogP contribution < -0.4 is 0 Å². The van der Waals surface area contributed by atoms with Gasteiger partial charge in [0.25, 0.3) is 0 Å². The summed E-state index contributed by atoms with van der Waals surface area (Å²) in [7, 11) is 0. The van der Waals surface area contributed by atoms with Crippen molar-refractivity contribution in [1.29, 1.82) is 0 Å². The molecule has 1 fully saturated rings. The number of carbonyl (C=O) groups is 1. The molecule has 1 amide bonds. The average molecular weight is 199 g/mol. The zero-order chi connectivity index (χ0) is 10.4. The summed E-state index contributed by atoms with van der Waals surface area (Å²) in [6.07, 6.45) is 5.36. The molecule has 0 aromatic heterocycles. The van der Waals surface area contributed by atoms with Crippen LogP contribution >= 0.6 is 0 Å². The number of rotatable bonds is 3. The molecule has 3 nitrogen and oxygen atoms in total. The number of likely N-dealkylation sites (tertiary alicyclic amines) is 1. The van der Waals surface area contributed by atoms with Gasteiger partial charge in [-0.2, -0.15) is 0 Å². The van der Waals surface area contributed by atoms with E-state index in [1.54, 1.807) is 0 Å². The maximum Gasteiger partial charge on any atom is 0.225 e. The van der Waals surface area contributed by atoms with E-state index in [2.05, 4.69) is 0 Å². The van der Waals surface area contributed by atoms with Crippen molar-refractivity contribution in [2.45, 2.75) is 39.0 Å². The molecule has 0 bridgehead atoms. The van der Waals surface area contributed by atoms with Crippen LogP contribution in [0.4, 0.5) is 0 Å². The van der Waals surface area contributed by atoms with E-state index in [9.17, 15) is 4.79 Å². The van der Waals surface area contributed by atoms with Crippen LogP contribution in [0.3, 0.4) is 0 Å². The van der Waals surface area contributed by atoms with E-state index < -0.39 is 0 Å². The first-order valence-electron chi connectivity index (χ1n) is 5.65. The predicted octanol–water partition coefficient (Wildman–Crippen LogP) is 1.41. The van der Waals surface area contributed by atoms with Crippen molar-refractivity contribution >= 4 is 5.91 Å². The normalized spacial score (nSPS) is 20.3. The lowest BCUT2D eigenvalue weighted by Gasteiger charge is -2.23. The second-order valence-corrected chi connectivity index (χ2v) is 4.15. The molecule has 1 heterocycles. The molecule has 3 heteroatoms. The van der Waals surface area contributed by atoms with E-state index in [1.807, 2.05) is 11.8 Å². The molecule has 0 aliphatic carbocycles.